The van der Waals surface area contributed by atoms with Gasteiger partial charge in [-0.25, -0.2) is 13.6 Å². The van der Waals surface area contributed by atoms with Crippen molar-refractivity contribution in [2.75, 3.05) is 24.2 Å². The van der Waals surface area contributed by atoms with Crippen LogP contribution in [-0.4, -0.2) is 44.8 Å². The number of likely N-dealkylation sites (N-methyl/N-ethyl adjacent to an activating group) is 1. The summed E-state index contributed by atoms with van der Waals surface area (Å²) in [5, 5.41) is 11.0. The number of amides is 2. The van der Waals surface area contributed by atoms with E-state index in [-0.39, 0.29) is 23.3 Å². The molecule has 2 rings (SSSR count). The van der Waals surface area contributed by atoms with E-state index in [9.17, 15) is 18.0 Å². The molecule has 0 bridgehead atoms. The van der Waals surface area contributed by atoms with E-state index in [2.05, 4.69) is 10.6 Å². The molecule has 8 nitrogen and oxygen atoms in total. The molecule has 2 amide bonds. The van der Waals surface area contributed by atoms with Gasteiger partial charge < -0.3 is 10.6 Å². The van der Waals surface area contributed by atoms with Crippen LogP contribution in [0.5, 0.6) is 0 Å². The smallest absolute Gasteiger partial charge is 0.241 e. The fourth-order valence-corrected chi connectivity index (χ4v) is 2.91. The first-order valence-corrected chi connectivity index (χ1v) is 10.2. The van der Waals surface area contributed by atoms with Crippen molar-refractivity contribution >= 4 is 44.8 Å². The van der Waals surface area contributed by atoms with Gasteiger partial charge in [0.1, 0.15) is 0 Å². The highest BCUT2D eigenvalue weighted by molar-refractivity contribution is 7.89. The first-order valence-electron chi connectivity index (χ1n) is 8.25. The zero-order valence-corrected chi connectivity index (χ0v) is 16.9. The van der Waals surface area contributed by atoms with Gasteiger partial charge in [-0.3, -0.25) is 14.5 Å². The van der Waals surface area contributed by atoms with Crippen LogP contribution in [0.15, 0.2) is 53.4 Å². The number of nitrogens with two attached hydrogens (primary N) is 1. The van der Waals surface area contributed by atoms with Crippen LogP contribution in [0.3, 0.4) is 0 Å². The summed E-state index contributed by atoms with van der Waals surface area (Å²) in [5.74, 6) is -0.618. The zero-order valence-electron chi connectivity index (χ0n) is 15.3. The van der Waals surface area contributed by atoms with Crippen LogP contribution < -0.4 is 15.8 Å². The first-order chi connectivity index (χ1) is 13.1. The number of carbonyl (C=O) groups is 2. The normalized spacial score (nSPS) is 12.5. The monoisotopic (exact) mass is 424 g/mol. The second-order valence-corrected chi connectivity index (χ2v) is 8.20. The van der Waals surface area contributed by atoms with Crippen LogP contribution >= 0.6 is 11.6 Å². The SMILES string of the molecule is C[C@H](C(=O)Nc1ccc(S(N)(=O)=O)cc1)N(C)CC(=O)Nc1ccc(Cl)cc1. The van der Waals surface area contributed by atoms with Crippen molar-refractivity contribution < 1.29 is 18.0 Å². The second kappa shape index (κ2) is 9.16. The highest BCUT2D eigenvalue weighted by Crippen LogP contribution is 2.15. The molecule has 0 unspecified atom stereocenters. The predicted molar refractivity (Wildman–Crippen MR) is 109 cm³/mol. The van der Waals surface area contributed by atoms with Crippen molar-refractivity contribution in [3.05, 3.63) is 53.6 Å². The van der Waals surface area contributed by atoms with E-state index in [1.165, 1.54) is 24.3 Å². The quantitative estimate of drug-likeness (QED) is 0.626. The molecule has 0 heterocycles. The molecule has 10 heteroatoms. The summed E-state index contributed by atoms with van der Waals surface area (Å²) in [6, 6.07) is 11.6. The molecule has 0 aliphatic rings. The van der Waals surface area contributed by atoms with Crippen molar-refractivity contribution in [2.24, 2.45) is 5.14 Å². The van der Waals surface area contributed by atoms with Gasteiger partial charge in [-0.1, -0.05) is 11.6 Å². The lowest BCUT2D eigenvalue weighted by atomic mass is 10.2. The van der Waals surface area contributed by atoms with Crippen molar-refractivity contribution in [3.63, 3.8) is 0 Å². The van der Waals surface area contributed by atoms with Crippen LogP contribution in [0.2, 0.25) is 5.02 Å². The van der Waals surface area contributed by atoms with E-state index in [0.717, 1.165) is 0 Å². The number of hydrogen-bond acceptors (Lipinski definition) is 5. The maximum Gasteiger partial charge on any atom is 0.241 e. The Hall–Kier alpha value is -2.46. The van der Waals surface area contributed by atoms with Crippen LogP contribution in [0.25, 0.3) is 0 Å². The average Bonchev–Trinajstić information content (AvgIpc) is 2.62. The molecule has 0 aliphatic heterocycles. The largest absolute Gasteiger partial charge is 0.325 e. The molecule has 0 spiro atoms. The standard InChI is InChI=1S/C18H21ClN4O4S/c1-12(18(25)22-15-7-9-16(10-8-15)28(20,26)27)23(2)11-17(24)21-14-5-3-13(19)4-6-14/h3-10,12H,11H2,1-2H3,(H,21,24)(H,22,25)(H2,20,26,27)/t12-/m1/s1. The molecule has 0 saturated carbocycles. The maximum absolute atomic E-state index is 12.4. The number of hydrogen-bond donors (Lipinski definition) is 3. The van der Waals surface area contributed by atoms with Gasteiger partial charge in [0.05, 0.1) is 17.5 Å². The van der Waals surface area contributed by atoms with E-state index < -0.39 is 16.1 Å². The molecule has 0 fully saturated rings. The minimum Gasteiger partial charge on any atom is -0.325 e. The molecule has 1 atom stereocenters. The Morgan fingerprint density at radius 3 is 2.07 bits per heavy atom. The number of primary sulfonamides is 1. The van der Waals surface area contributed by atoms with Crippen LogP contribution in [0, 0.1) is 0 Å². The Balaban J connectivity index is 1.90. The Morgan fingerprint density at radius 2 is 1.54 bits per heavy atom. The predicted octanol–water partition coefficient (Wildman–Crippen LogP) is 1.88. The van der Waals surface area contributed by atoms with Crippen LogP contribution in [-0.2, 0) is 19.6 Å². The fraction of sp³-hybridized carbons (Fsp3) is 0.222. The van der Waals surface area contributed by atoms with Gasteiger partial charge in [0, 0.05) is 16.4 Å². The van der Waals surface area contributed by atoms with Crippen LogP contribution in [0.1, 0.15) is 6.92 Å². The number of carbonyl (C=O) groups excluding carboxylic acids is 2. The molecule has 0 aromatic heterocycles. The summed E-state index contributed by atoms with van der Waals surface area (Å²) in [7, 11) is -2.14. The van der Waals surface area contributed by atoms with Crippen molar-refractivity contribution in [1.29, 1.82) is 0 Å². The summed E-state index contributed by atoms with van der Waals surface area (Å²) in [6.07, 6.45) is 0. The fourth-order valence-electron chi connectivity index (χ4n) is 2.27. The average molecular weight is 425 g/mol. The third-order valence-electron chi connectivity index (χ3n) is 4.01. The second-order valence-electron chi connectivity index (χ2n) is 6.20. The van der Waals surface area contributed by atoms with Gasteiger partial charge in [-0.05, 0) is 62.5 Å². The lowest BCUT2D eigenvalue weighted by Gasteiger charge is -2.23. The van der Waals surface area contributed by atoms with Gasteiger partial charge in [-0.2, -0.15) is 0 Å². The molecular formula is C18H21ClN4O4S. The molecule has 2 aromatic carbocycles. The third kappa shape index (κ3) is 6.31. The Kier molecular flexibility index (Phi) is 7.14. The molecule has 150 valence electrons. The van der Waals surface area contributed by atoms with Crippen molar-refractivity contribution in [2.45, 2.75) is 17.9 Å². The molecule has 0 saturated heterocycles. The molecule has 0 aliphatic carbocycles. The molecule has 28 heavy (non-hydrogen) atoms. The van der Waals surface area contributed by atoms with Gasteiger partial charge in [0.2, 0.25) is 21.8 Å². The minimum atomic E-state index is -3.79. The Labute approximate surface area is 168 Å². The number of rotatable bonds is 7. The Bertz CT molecular complexity index is 947. The zero-order chi connectivity index (χ0) is 20.9. The molecular weight excluding hydrogens is 404 g/mol. The maximum atomic E-state index is 12.4. The summed E-state index contributed by atoms with van der Waals surface area (Å²) < 4.78 is 22.5. The van der Waals surface area contributed by atoms with Crippen molar-refractivity contribution in [3.8, 4) is 0 Å². The topological polar surface area (TPSA) is 122 Å². The number of anilines is 2. The molecule has 0 radical (unpaired) electrons. The van der Waals surface area contributed by atoms with E-state index in [4.69, 9.17) is 16.7 Å². The Morgan fingerprint density at radius 1 is 1.04 bits per heavy atom. The number of benzene rings is 2. The van der Waals surface area contributed by atoms with Crippen molar-refractivity contribution in [1.82, 2.24) is 4.90 Å². The lowest BCUT2D eigenvalue weighted by molar-refractivity contribution is -0.122. The van der Waals surface area contributed by atoms with Gasteiger partial charge in [0.15, 0.2) is 0 Å². The van der Waals surface area contributed by atoms with E-state index in [0.29, 0.717) is 16.4 Å². The molecule has 4 N–H and O–H groups in total. The number of halogens is 1. The van der Waals surface area contributed by atoms with E-state index in [1.54, 1.807) is 43.1 Å². The van der Waals surface area contributed by atoms with Gasteiger partial charge >= 0.3 is 0 Å². The van der Waals surface area contributed by atoms with Gasteiger partial charge in [-0.15, -0.1) is 0 Å². The third-order valence-corrected chi connectivity index (χ3v) is 5.19. The van der Waals surface area contributed by atoms with E-state index in [1.807, 2.05) is 0 Å². The summed E-state index contributed by atoms with van der Waals surface area (Å²) >= 11 is 5.80. The summed E-state index contributed by atoms with van der Waals surface area (Å²) in [6.45, 7) is 1.66. The summed E-state index contributed by atoms with van der Waals surface area (Å²) in [5.41, 5.74) is 1.03. The summed E-state index contributed by atoms with van der Waals surface area (Å²) in [4.78, 5) is 26.0. The van der Waals surface area contributed by atoms with E-state index >= 15 is 0 Å². The highest BCUT2D eigenvalue weighted by atomic mass is 35.5. The highest BCUT2D eigenvalue weighted by Gasteiger charge is 2.20. The number of nitrogens with one attached hydrogen (secondary N) is 2. The first kappa shape index (κ1) is 21.8. The van der Waals surface area contributed by atoms with Gasteiger partial charge in [0.25, 0.3) is 0 Å². The number of nitrogens with zero attached hydrogens (tertiary/aromatic N) is 1. The lowest BCUT2D eigenvalue weighted by Crippen LogP contribution is -2.43. The number of sulfonamides is 1. The minimum absolute atomic E-state index is 0.00156. The molecule has 2 aromatic rings. The van der Waals surface area contributed by atoms with Crippen LogP contribution in [0.4, 0.5) is 11.4 Å².